The number of hydrogen-bond acceptors (Lipinski definition) is 2. The predicted octanol–water partition coefficient (Wildman–Crippen LogP) is 4.50. The van der Waals surface area contributed by atoms with Gasteiger partial charge in [-0.1, -0.05) is 42.8 Å². The number of hydrogen-bond donors (Lipinski definition) is 1. The van der Waals surface area contributed by atoms with Crippen molar-refractivity contribution in [2.75, 3.05) is 13.1 Å². The molecule has 2 aromatic carbocycles. The number of piperidine rings is 1. The molecule has 2 aromatic rings. The number of rotatable bonds is 5. The van der Waals surface area contributed by atoms with Gasteiger partial charge in [0.1, 0.15) is 0 Å². The molecule has 25 heavy (non-hydrogen) atoms. The zero-order chi connectivity index (χ0) is 17.6. The molecule has 1 saturated heterocycles. The Hall–Kier alpha value is -1.84. The van der Waals surface area contributed by atoms with Gasteiger partial charge in [0.05, 0.1) is 0 Å². The fourth-order valence-electron chi connectivity index (χ4n) is 3.34. The Bertz CT molecular complexity index is 697. The average molecular weight is 357 g/mol. The minimum atomic E-state index is -0.0481. The van der Waals surface area contributed by atoms with Crippen LogP contribution < -0.4 is 5.32 Å². The number of nitrogens with one attached hydrogen (secondary N) is 1. The molecule has 0 unspecified atom stereocenters. The quantitative estimate of drug-likeness (QED) is 0.855. The lowest BCUT2D eigenvalue weighted by Gasteiger charge is -2.30. The van der Waals surface area contributed by atoms with Crippen LogP contribution in [0, 0.1) is 5.92 Å². The summed E-state index contributed by atoms with van der Waals surface area (Å²) in [6.07, 6.45) is 2.62. The number of likely N-dealkylation sites (tertiary alicyclic amines) is 1. The van der Waals surface area contributed by atoms with Crippen molar-refractivity contribution in [1.82, 2.24) is 10.2 Å². The second kappa shape index (κ2) is 8.50. The van der Waals surface area contributed by atoms with Crippen LogP contribution in [0.4, 0.5) is 0 Å². The zero-order valence-corrected chi connectivity index (χ0v) is 15.4. The lowest BCUT2D eigenvalue weighted by Crippen LogP contribution is -2.33. The Balaban J connectivity index is 1.52. The van der Waals surface area contributed by atoms with Crippen LogP contribution in [0.15, 0.2) is 48.5 Å². The van der Waals surface area contributed by atoms with Crippen LogP contribution in [0.5, 0.6) is 0 Å². The third kappa shape index (κ3) is 5.32. The highest BCUT2D eigenvalue weighted by Crippen LogP contribution is 2.18. The van der Waals surface area contributed by atoms with Crippen molar-refractivity contribution >= 4 is 17.5 Å². The molecule has 1 heterocycles. The number of carbonyl (C=O) groups is 1. The third-order valence-electron chi connectivity index (χ3n) is 4.73. The summed E-state index contributed by atoms with van der Waals surface area (Å²) in [5.74, 6) is 0.736. The lowest BCUT2D eigenvalue weighted by atomic mass is 9.99. The molecule has 3 rings (SSSR count). The summed E-state index contributed by atoms with van der Waals surface area (Å²) in [5, 5.41) is 3.65. The van der Waals surface area contributed by atoms with E-state index in [9.17, 15) is 4.79 Å². The van der Waals surface area contributed by atoms with Crippen molar-refractivity contribution in [2.24, 2.45) is 5.92 Å². The van der Waals surface area contributed by atoms with Gasteiger partial charge in [-0.05, 0) is 60.7 Å². The first-order chi connectivity index (χ1) is 12.1. The lowest BCUT2D eigenvalue weighted by molar-refractivity contribution is 0.0951. The third-order valence-corrected chi connectivity index (χ3v) is 4.98. The van der Waals surface area contributed by atoms with Gasteiger partial charge in [0, 0.05) is 30.2 Å². The van der Waals surface area contributed by atoms with Crippen LogP contribution in [-0.4, -0.2) is 23.9 Å². The monoisotopic (exact) mass is 356 g/mol. The second-order valence-electron chi connectivity index (χ2n) is 6.99. The van der Waals surface area contributed by atoms with Crippen LogP contribution in [0.1, 0.15) is 41.3 Å². The van der Waals surface area contributed by atoms with Gasteiger partial charge in [-0.3, -0.25) is 9.69 Å². The van der Waals surface area contributed by atoms with Crippen molar-refractivity contribution in [3.8, 4) is 0 Å². The predicted molar refractivity (Wildman–Crippen MR) is 103 cm³/mol. The van der Waals surface area contributed by atoms with Gasteiger partial charge in [-0.2, -0.15) is 0 Å². The first-order valence-corrected chi connectivity index (χ1v) is 9.32. The number of amides is 1. The molecule has 0 aromatic heterocycles. The molecular formula is C21H25ClN2O. The van der Waals surface area contributed by atoms with Gasteiger partial charge in [0.2, 0.25) is 0 Å². The fourth-order valence-corrected chi connectivity index (χ4v) is 3.46. The highest BCUT2D eigenvalue weighted by atomic mass is 35.5. The standard InChI is InChI=1S/C21H25ClN2O/c1-16-3-2-12-24(14-16)15-18-4-8-19(9-5-18)21(25)23-13-17-6-10-20(22)11-7-17/h4-11,16H,2-3,12-15H2,1H3,(H,23,25)/t16-/m1/s1. The molecule has 0 spiro atoms. The maximum absolute atomic E-state index is 12.3. The van der Waals surface area contributed by atoms with Crippen molar-refractivity contribution in [1.29, 1.82) is 0 Å². The molecule has 0 bridgehead atoms. The van der Waals surface area contributed by atoms with Crippen molar-refractivity contribution < 1.29 is 4.79 Å². The molecule has 0 saturated carbocycles. The smallest absolute Gasteiger partial charge is 0.251 e. The van der Waals surface area contributed by atoms with E-state index in [0.717, 1.165) is 18.0 Å². The first kappa shape index (κ1) is 18.0. The van der Waals surface area contributed by atoms with Crippen molar-refractivity contribution in [3.63, 3.8) is 0 Å². The van der Waals surface area contributed by atoms with E-state index < -0.39 is 0 Å². The highest BCUT2D eigenvalue weighted by molar-refractivity contribution is 6.30. The molecule has 1 amide bonds. The van der Waals surface area contributed by atoms with Gasteiger partial charge in [-0.15, -0.1) is 0 Å². The van der Waals surface area contributed by atoms with Crippen LogP contribution in [0.3, 0.4) is 0 Å². The van der Waals surface area contributed by atoms with E-state index in [1.54, 1.807) is 0 Å². The molecule has 1 aliphatic heterocycles. The number of carbonyl (C=O) groups excluding carboxylic acids is 1. The SMILES string of the molecule is C[C@@H]1CCCN(Cc2ccc(C(=O)NCc3ccc(Cl)cc3)cc2)C1. The Morgan fingerprint density at radius 1 is 1.12 bits per heavy atom. The van der Waals surface area contributed by atoms with E-state index in [4.69, 9.17) is 11.6 Å². The van der Waals surface area contributed by atoms with Gasteiger partial charge >= 0.3 is 0 Å². The normalized spacial score (nSPS) is 18.1. The van der Waals surface area contributed by atoms with E-state index in [1.165, 1.54) is 31.5 Å². The first-order valence-electron chi connectivity index (χ1n) is 8.94. The summed E-state index contributed by atoms with van der Waals surface area (Å²) in [7, 11) is 0. The molecule has 132 valence electrons. The molecule has 1 N–H and O–H groups in total. The van der Waals surface area contributed by atoms with Crippen molar-refractivity contribution in [2.45, 2.75) is 32.9 Å². The van der Waals surface area contributed by atoms with E-state index in [-0.39, 0.29) is 5.91 Å². The van der Waals surface area contributed by atoms with Gasteiger partial charge in [0.15, 0.2) is 0 Å². The number of halogens is 1. The van der Waals surface area contributed by atoms with E-state index in [0.29, 0.717) is 17.1 Å². The van der Waals surface area contributed by atoms with Gasteiger partial charge in [-0.25, -0.2) is 0 Å². The largest absolute Gasteiger partial charge is 0.348 e. The Kier molecular flexibility index (Phi) is 6.11. The summed E-state index contributed by atoms with van der Waals surface area (Å²) in [4.78, 5) is 14.8. The van der Waals surface area contributed by atoms with Gasteiger partial charge < -0.3 is 5.32 Å². The fraction of sp³-hybridized carbons (Fsp3) is 0.381. The van der Waals surface area contributed by atoms with E-state index in [1.807, 2.05) is 36.4 Å². The summed E-state index contributed by atoms with van der Waals surface area (Å²) >= 11 is 5.87. The molecule has 1 fully saturated rings. The number of benzene rings is 2. The molecule has 0 radical (unpaired) electrons. The average Bonchev–Trinajstić information content (AvgIpc) is 2.62. The molecular weight excluding hydrogens is 332 g/mol. The van der Waals surface area contributed by atoms with Crippen molar-refractivity contribution in [3.05, 3.63) is 70.2 Å². The van der Waals surface area contributed by atoms with Gasteiger partial charge in [0.25, 0.3) is 5.91 Å². The number of nitrogens with zero attached hydrogens (tertiary/aromatic N) is 1. The maximum atomic E-state index is 12.3. The van der Waals surface area contributed by atoms with E-state index in [2.05, 4.69) is 29.3 Å². The topological polar surface area (TPSA) is 32.3 Å². The van der Waals surface area contributed by atoms with Crippen LogP contribution >= 0.6 is 11.6 Å². The summed E-state index contributed by atoms with van der Waals surface area (Å²) in [5.41, 5.74) is 3.00. The highest BCUT2D eigenvalue weighted by Gasteiger charge is 2.16. The Labute approximate surface area is 155 Å². The minimum absolute atomic E-state index is 0.0481. The summed E-state index contributed by atoms with van der Waals surface area (Å²) in [6, 6.07) is 15.5. The van der Waals surface area contributed by atoms with Crippen LogP contribution in [0.25, 0.3) is 0 Å². The maximum Gasteiger partial charge on any atom is 0.251 e. The summed E-state index contributed by atoms with van der Waals surface area (Å²) < 4.78 is 0. The van der Waals surface area contributed by atoms with Crippen LogP contribution in [-0.2, 0) is 13.1 Å². The molecule has 4 heteroatoms. The molecule has 1 aliphatic rings. The second-order valence-corrected chi connectivity index (χ2v) is 7.43. The van der Waals surface area contributed by atoms with E-state index >= 15 is 0 Å². The minimum Gasteiger partial charge on any atom is -0.348 e. The van der Waals surface area contributed by atoms with Crippen LogP contribution in [0.2, 0.25) is 5.02 Å². The molecule has 1 atom stereocenters. The Morgan fingerprint density at radius 2 is 1.80 bits per heavy atom. The Morgan fingerprint density at radius 3 is 2.48 bits per heavy atom. The molecule has 3 nitrogen and oxygen atoms in total. The zero-order valence-electron chi connectivity index (χ0n) is 14.7. The summed E-state index contributed by atoms with van der Waals surface area (Å²) in [6.45, 7) is 6.14. The molecule has 0 aliphatic carbocycles.